The second-order valence-corrected chi connectivity index (χ2v) is 4.70. The topological polar surface area (TPSA) is 95.1 Å². The van der Waals surface area contributed by atoms with Gasteiger partial charge in [0.2, 0.25) is 0 Å². The molecule has 2 aromatic heterocycles. The lowest BCUT2D eigenvalue weighted by Crippen LogP contribution is -2.25. The van der Waals surface area contributed by atoms with Crippen molar-refractivity contribution in [1.82, 2.24) is 15.3 Å². The second-order valence-electron chi connectivity index (χ2n) is 3.70. The van der Waals surface area contributed by atoms with Crippen LogP contribution in [-0.2, 0) is 6.54 Å². The Labute approximate surface area is 118 Å². The van der Waals surface area contributed by atoms with Crippen molar-refractivity contribution in [3.8, 4) is 11.8 Å². The van der Waals surface area contributed by atoms with Gasteiger partial charge in [-0.2, -0.15) is 0 Å². The Kier molecular flexibility index (Phi) is 4.65. The monoisotopic (exact) mass is 289 g/mol. The minimum absolute atomic E-state index is 0.143. The molecule has 0 aliphatic heterocycles. The van der Waals surface area contributed by atoms with Crippen LogP contribution in [0.25, 0.3) is 0 Å². The third kappa shape index (κ3) is 3.54. The summed E-state index contributed by atoms with van der Waals surface area (Å²) in [6, 6.07) is 1.83. The Morgan fingerprint density at radius 2 is 2.40 bits per heavy atom. The number of hydrogen-bond donors (Lipinski definition) is 3. The summed E-state index contributed by atoms with van der Waals surface area (Å²) >= 11 is 1.46. The van der Waals surface area contributed by atoms with Crippen LogP contribution < -0.4 is 10.9 Å². The van der Waals surface area contributed by atoms with Gasteiger partial charge in [0.1, 0.15) is 12.3 Å². The molecule has 6 nitrogen and oxygen atoms in total. The van der Waals surface area contributed by atoms with Crippen molar-refractivity contribution in [3.05, 3.63) is 50.3 Å². The third-order valence-electron chi connectivity index (χ3n) is 2.36. The van der Waals surface area contributed by atoms with Crippen molar-refractivity contribution in [3.63, 3.8) is 0 Å². The molecule has 7 heteroatoms. The summed E-state index contributed by atoms with van der Waals surface area (Å²) in [4.78, 5) is 29.7. The highest BCUT2D eigenvalue weighted by Gasteiger charge is 2.08. The van der Waals surface area contributed by atoms with Crippen LogP contribution in [0, 0.1) is 11.8 Å². The fourth-order valence-corrected chi connectivity index (χ4v) is 2.21. The first-order chi connectivity index (χ1) is 9.70. The highest BCUT2D eigenvalue weighted by molar-refractivity contribution is 7.10. The van der Waals surface area contributed by atoms with Crippen LogP contribution in [0.5, 0.6) is 0 Å². The van der Waals surface area contributed by atoms with Crippen molar-refractivity contribution < 1.29 is 9.90 Å². The molecule has 2 heterocycles. The maximum atomic E-state index is 11.8. The van der Waals surface area contributed by atoms with E-state index in [0.29, 0.717) is 6.54 Å². The molecule has 0 bridgehead atoms. The number of aromatic nitrogens is 2. The predicted molar refractivity (Wildman–Crippen MR) is 74.3 cm³/mol. The molecule has 0 aliphatic carbocycles. The third-order valence-corrected chi connectivity index (χ3v) is 3.28. The molecule has 0 unspecified atom stereocenters. The van der Waals surface area contributed by atoms with Gasteiger partial charge in [-0.25, -0.2) is 4.98 Å². The zero-order valence-corrected chi connectivity index (χ0v) is 11.2. The van der Waals surface area contributed by atoms with Crippen LogP contribution in [0.3, 0.4) is 0 Å². The number of thiophene rings is 1. The molecule has 0 spiro atoms. The van der Waals surface area contributed by atoms with E-state index in [1.807, 2.05) is 11.4 Å². The number of carbonyl (C=O) groups excluding carboxylic acids is 1. The Morgan fingerprint density at radius 3 is 3.10 bits per heavy atom. The fraction of sp³-hybridized carbons (Fsp3) is 0.154. The molecule has 0 aliphatic rings. The molecule has 2 rings (SSSR count). The minimum Gasteiger partial charge on any atom is -0.384 e. The fourth-order valence-electron chi connectivity index (χ4n) is 1.44. The van der Waals surface area contributed by atoms with Crippen LogP contribution >= 0.6 is 11.3 Å². The smallest absolute Gasteiger partial charge is 0.271 e. The van der Waals surface area contributed by atoms with Gasteiger partial charge in [0.15, 0.2) is 0 Å². The Morgan fingerprint density at radius 1 is 1.55 bits per heavy atom. The maximum Gasteiger partial charge on any atom is 0.271 e. The number of aliphatic hydroxyl groups is 1. The van der Waals surface area contributed by atoms with Gasteiger partial charge < -0.3 is 15.4 Å². The summed E-state index contributed by atoms with van der Waals surface area (Å²) < 4.78 is 0. The molecule has 0 saturated carbocycles. The van der Waals surface area contributed by atoms with Gasteiger partial charge in [0.05, 0.1) is 12.7 Å². The quantitative estimate of drug-likeness (QED) is 0.699. The first-order valence-electron chi connectivity index (χ1n) is 5.69. The number of amides is 1. The van der Waals surface area contributed by atoms with Gasteiger partial charge in [-0.1, -0.05) is 11.8 Å². The molecular formula is C13H11N3O3S. The summed E-state index contributed by atoms with van der Waals surface area (Å²) in [6.07, 6.45) is 2.32. The molecule has 0 saturated heterocycles. The maximum absolute atomic E-state index is 11.8. The van der Waals surface area contributed by atoms with E-state index in [-0.39, 0.29) is 23.8 Å². The van der Waals surface area contributed by atoms with E-state index < -0.39 is 0 Å². The summed E-state index contributed by atoms with van der Waals surface area (Å²) in [5, 5.41) is 13.2. The van der Waals surface area contributed by atoms with E-state index in [0.717, 1.165) is 16.6 Å². The van der Waals surface area contributed by atoms with Gasteiger partial charge in [0, 0.05) is 16.6 Å². The lowest BCUT2D eigenvalue weighted by molar-refractivity contribution is 0.0946. The lowest BCUT2D eigenvalue weighted by Gasteiger charge is -2.03. The Hall–Kier alpha value is -2.43. The number of nitrogens with zero attached hydrogens (tertiary/aromatic N) is 1. The van der Waals surface area contributed by atoms with Crippen LogP contribution in [0.2, 0.25) is 0 Å². The van der Waals surface area contributed by atoms with Gasteiger partial charge in [0.25, 0.3) is 11.5 Å². The largest absolute Gasteiger partial charge is 0.384 e. The molecule has 0 atom stereocenters. The molecule has 102 valence electrons. The molecule has 3 N–H and O–H groups in total. The molecular weight excluding hydrogens is 278 g/mol. The van der Waals surface area contributed by atoms with Crippen molar-refractivity contribution in [2.75, 3.05) is 6.61 Å². The van der Waals surface area contributed by atoms with Crippen LogP contribution in [-0.4, -0.2) is 27.6 Å². The predicted octanol–water partition coefficient (Wildman–Crippen LogP) is 0.105. The minimum atomic E-state index is -0.379. The van der Waals surface area contributed by atoms with Crippen LogP contribution in [0.15, 0.2) is 28.6 Å². The summed E-state index contributed by atoms with van der Waals surface area (Å²) in [6.45, 7) is 0.107. The molecule has 0 radical (unpaired) electrons. The van der Waals surface area contributed by atoms with Crippen molar-refractivity contribution in [1.29, 1.82) is 0 Å². The number of H-pyrrole nitrogens is 1. The number of nitrogens with one attached hydrogen (secondary N) is 2. The van der Waals surface area contributed by atoms with Gasteiger partial charge in [-0.3, -0.25) is 9.59 Å². The van der Waals surface area contributed by atoms with E-state index >= 15 is 0 Å². The normalized spacial score (nSPS) is 9.65. The zero-order chi connectivity index (χ0) is 14.4. The van der Waals surface area contributed by atoms with Crippen molar-refractivity contribution in [2.24, 2.45) is 0 Å². The van der Waals surface area contributed by atoms with E-state index in [2.05, 4.69) is 27.1 Å². The molecule has 1 amide bonds. The summed E-state index contributed by atoms with van der Waals surface area (Å²) in [5.74, 6) is 4.99. The number of carbonyl (C=O) groups is 1. The van der Waals surface area contributed by atoms with Crippen LogP contribution in [0.4, 0.5) is 0 Å². The van der Waals surface area contributed by atoms with Gasteiger partial charge in [-0.15, -0.1) is 11.3 Å². The van der Waals surface area contributed by atoms with Crippen LogP contribution in [0.1, 0.15) is 20.9 Å². The molecule has 2 aromatic rings. The number of aliphatic hydroxyl groups excluding tert-OH is 1. The number of hydrogen-bond acceptors (Lipinski definition) is 5. The summed E-state index contributed by atoms with van der Waals surface area (Å²) in [5.41, 5.74) is 0.560. The SMILES string of the molecule is O=C(NCc1sccc1C#CCO)c1c[nH]c(=O)cn1. The molecule has 0 aromatic carbocycles. The first kappa shape index (κ1) is 14.0. The standard InChI is InChI=1S/C13H11N3O3S/c17-4-1-2-9-3-5-20-11(9)7-16-13(19)10-6-15-12(18)8-14-10/h3,5-6,8,17H,4,7H2,(H,15,18)(H,16,19). The van der Waals surface area contributed by atoms with Crippen molar-refractivity contribution >= 4 is 17.2 Å². The second kappa shape index (κ2) is 6.65. The lowest BCUT2D eigenvalue weighted by atomic mass is 10.2. The Bertz CT molecular complexity index is 704. The molecule has 0 fully saturated rings. The van der Waals surface area contributed by atoms with E-state index in [1.165, 1.54) is 17.5 Å². The highest BCUT2D eigenvalue weighted by atomic mass is 32.1. The summed E-state index contributed by atoms with van der Waals surface area (Å²) in [7, 11) is 0. The average molecular weight is 289 g/mol. The van der Waals surface area contributed by atoms with E-state index in [1.54, 1.807) is 0 Å². The average Bonchev–Trinajstić information content (AvgIpc) is 2.90. The zero-order valence-electron chi connectivity index (χ0n) is 10.3. The highest BCUT2D eigenvalue weighted by Crippen LogP contribution is 2.15. The van der Waals surface area contributed by atoms with E-state index in [4.69, 9.17) is 5.11 Å². The van der Waals surface area contributed by atoms with E-state index in [9.17, 15) is 9.59 Å². The molecule has 20 heavy (non-hydrogen) atoms. The van der Waals surface area contributed by atoms with Crippen molar-refractivity contribution in [2.45, 2.75) is 6.54 Å². The van der Waals surface area contributed by atoms with Gasteiger partial charge in [-0.05, 0) is 11.4 Å². The Balaban J connectivity index is 2.02. The first-order valence-corrected chi connectivity index (χ1v) is 6.57. The van der Waals surface area contributed by atoms with Gasteiger partial charge >= 0.3 is 0 Å². The number of aromatic amines is 1. The number of rotatable bonds is 3.